The normalized spacial score (nSPS) is 10.3. The molecule has 0 aliphatic rings. The summed E-state index contributed by atoms with van der Waals surface area (Å²) in [4.78, 5) is 10.0. The van der Waals surface area contributed by atoms with Gasteiger partial charge in [0.25, 0.3) is 0 Å². The molecule has 0 amide bonds. The number of aliphatic hydroxyl groups excluding tert-OH is 1. The van der Waals surface area contributed by atoms with Crippen molar-refractivity contribution >= 4 is 5.78 Å². The number of allylic oxidation sites excluding steroid dienone is 2. The van der Waals surface area contributed by atoms with E-state index in [-0.39, 0.29) is 42.9 Å². The summed E-state index contributed by atoms with van der Waals surface area (Å²) in [5.41, 5.74) is 0. The van der Waals surface area contributed by atoms with Crippen molar-refractivity contribution in [2.45, 2.75) is 26.2 Å². The van der Waals surface area contributed by atoms with Crippen LogP contribution in [0.15, 0.2) is 25.0 Å². The number of rotatable bonds is 1. The van der Waals surface area contributed by atoms with E-state index < -0.39 is 12.4 Å². The minimum Gasteiger partial charge on any atom is -0.512 e. The van der Waals surface area contributed by atoms with E-state index in [2.05, 4.69) is 13.2 Å². The summed E-state index contributed by atoms with van der Waals surface area (Å²) >= 11 is 0. The molecule has 0 heterocycles. The predicted molar refractivity (Wildman–Crippen MR) is 58.2 cm³/mol. The second-order valence-corrected chi connectivity index (χ2v) is 2.64. The van der Waals surface area contributed by atoms with Gasteiger partial charge in [-0.3, -0.25) is 4.79 Å². The maximum atomic E-state index is 10.9. The number of halogens is 6. The van der Waals surface area contributed by atoms with Gasteiger partial charge >= 0.3 is 12.4 Å². The molecule has 0 bridgehead atoms. The summed E-state index contributed by atoms with van der Waals surface area (Å²) in [7, 11) is 0. The Balaban J connectivity index is -0.000000113. The molecule has 0 aromatic carbocycles. The molecule has 0 aromatic rings. The number of hydrogen-bond acceptors (Lipinski definition) is 2. The zero-order valence-electron chi connectivity index (χ0n) is 10.4. The zero-order chi connectivity index (χ0) is 16.3. The van der Waals surface area contributed by atoms with Gasteiger partial charge in [-0.2, -0.15) is 26.3 Å². The Morgan fingerprint density at radius 3 is 1.30 bits per heavy atom. The van der Waals surface area contributed by atoms with Gasteiger partial charge in [0.05, 0.1) is 5.76 Å². The summed E-state index contributed by atoms with van der Waals surface area (Å²) in [6.07, 6.45) is -8.98. The first-order valence-electron chi connectivity index (χ1n) is 4.39. The topological polar surface area (TPSA) is 37.3 Å². The third-order valence-corrected chi connectivity index (χ3v) is 0.758. The van der Waals surface area contributed by atoms with E-state index in [9.17, 15) is 31.1 Å². The van der Waals surface area contributed by atoms with Gasteiger partial charge in [-0.05, 0) is 13.8 Å². The largest absolute Gasteiger partial charge is 0.512 e. The van der Waals surface area contributed by atoms with Crippen LogP contribution in [0.2, 0.25) is 0 Å². The molecule has 20 heavy (non-hydrogen) atoms. The van der Waals surface area contributed by atoms with Crippen molar-refractivity contribution in [3.63, 3.8) is 0 Å². The molecule has 0 saturated heterocycles. The Bertz CT molecular complexity index is 338. The monoisotopic (exact) mass is 393 g/mol. The van der Waals surface area contributed by atoms with E-state index in [0.29, 0.717) is 0 Å². The van der Waals surface area contributed by atoms with E-state index in [4.69, 9.17) is 5.11 Å². The number of carbonyl (C=O) groups excluding carboxylic acids is 1. The minimum absolute atomic E-state index is 0. The maximum absolute atomic E-state index is 10.9. The fourth-order valence-corrected chi connectivity index (χ4v) is 0.436. The first kappa shape index (κ1) is 27.1. The molecular weight excluding hydrogens is 381 g/mol. The molecule has 0 saturated carbocycles. The van der Waals surface area contributed by atoms with Crippen LogP contribution >= 0.6 is 0 Å². The van der Waals surface area contributed by atoms with Crippen molar-refractivity contribution in [2.75, 3.05) is 0 Å². The van der Waals surface area contributed by atoms with E-state index in [0.717, 1.165) is 0 Å². The van der Waals surface area contributed by atoms with Crippen molar-refractivity contribution in [3.8, 4) is 11.8 Å². The Morgan fingerprint density at radius 1 is 1.00 bits per heavy atom. The summed E-state index contributed by atoms with van der Waals surface area (Å²) < 4.78 is 65.5. The van der Waals surface area contributed by atoms with Crippen LogP contribution in [0.3, 0.4) is 0 Å². The molecule has 0 unspecified atom stereocenters. The van der Waals surface area contributed by atoms with Gasteiger partial charge in [-0.1, -0.05) is 0 Å². The summed E-state index contributed by atoms with van der Waals surface area (Å²) in [5.74, 6) is 0.111. The molecule has 0 aliphatic heterocycles. The van der Waals surface area contributed by atoms with Crippen molar-refractivity contribution in [1.29, 1.82) is 0 Å². The summed E-state index contributed by atoms with van der Waals surface area (Å²) in [6.45, 7) is 8.85. The zero-order valence-corrected chi connectivity index (χ0v) is 12.1. The number of carbonyl (C=O) groups is 1. The Hall–Kier alpha value is -1.29. The average Bonchev–Trinajstić information content (AvgIpc) is 2.15. The summed E-state index contributed by atoms with van der Waals surface area (Å²) in [5, 5.41) is 8.36. The molecule has 9 heteroatoms. The van der Waals surface area contributed by atoms with Crippen molar-refractivity contribution in [2.24, 2.45) is 0 Å². The first-order valence-corrected chi connectivity index (χ1v) is 4.39. The van der Waals surface area contributed by atoms with E-state index in [1.165, 1.54) is 19.9 Å². The smallest absolute Gasteiger partial charge is 0.457 e. The quantitative estimate of drug-likeness (QED) is 0.183. The van der Waals surface area contributed by atoms with Crippen LogP contribution < -0.4 is 0 Å². The molecule has 0 rings (SSSR count). The molecule has 1 N–H and O–H groups in total. The van der Waals surface area contributed by atoms with Crippen molar-refractivity contribution in [1.82, 2.24) is 0 Å². The van der Waals surface area contributed by atoms with Gasteiger partial charge in [-0.25, -0.2) is 0 Å². The van der Waals surface area contributed by atoms with E-state index in [1.54, 1.807) is 0 Å². The van der Waals surface area contributed by atoms with Crippen LogP contribution in [0.4, 0.5) is 26.3 Å². The van der Waals surface area contributed by atoms with Crippen LogP contribution in [0.1, 0.15) is 13.8 Å². The molecule has 0 aromatic heterocycles. The molecular formula is C11H12F6O2Rh. The number of ketones is 1. The molecule has 1 radical (unpaired) electrons. The molecule has 2 nitrogen and oxygen atoms in total. The van der Waals surface area contributed by atoms with E-state index in [1.807, 2.05) is 0 Å². The first-order chi connectivity index (χ1) is 8.33. The number of alkyl halides is 6. The second-order valence-electron chi connectivity index (χ2n) is 2.64. The molecule has 0 fully saturated rings. The Kier molecular flexibility index (Phi) is 17.3. The third-order valence-electron chi connectivity index (χ3n) is 0.758. The van der Waals surface area contributed by atoms with Gasteiger partial charge in [-0.15, -0.1) is 13.2 Å². The van der Waals surface area contributed by atoms with E-state index >= 15 is 0 Å². The standard InChI is InChI=1S/C5H8O2.C4F6.C2H4.Rh/c1-4(6)3-5(2)7;5-3(6,7)1-2-4(8,9)10;1-2;/h3,6H,1-2H3;;1-2H2;/b4-3-;;;. The van der Waals surface area contributed by atoms with Crippen LogP contribution in [0, 0.1) is 11.8 Å². The van der Waals surface area contributed by atoms with Crippen LogP contribution in [0.5, 0.6) is 0 Å². The molecule has 0 spiro atoms. The SMILES string of the molecule is C=C.CC(=O)/C=C(/C)O.FC(F)(F)C#CC(F)(F)F.[Rh]. The molecule has 0 aliphatic carbocycles. The average molecular weight is 393 g/mol. The fraction of sp³-hybridized carbons (Fsp3) is 0.364. The number of aliphatic hydroxyl groups is 1. The minimum atomic E-state index is -5.07. The third kappa shape index (κ3) is 43.7. The summed E-state index contributed by atoms with van der Waals surface area (Å²) in [6, 6.07) is 0. The molecule has 0 atom stereocenters. The Morgan fingerprint density at radius 2 is 1.25 bits per heavy atom. The van der Waals surface area contributed by atoms with Crippen LogP contribution in [-0.4, -0.2) is 23.2 Å². The molecule has 119 valence electrons. The second kappa shape index (κ2) is 12.7. The van der Waals surface area contributed by atoms with Crippen molar-refractivity contribution < 1.29 is 55.7 Å². The van der Waals surface area contributed by atoms with Gasteiger partial charge in [0.1, 0.15) is 0 Å². The maximum Gasteiger partial charge on any atom is 0.457 e. The Labute approximate surface area is 125 Å². The van der Waals surface area contributed by atoms with Crippen molar-refractivity contribution in [3.05, 3.63) is 25.0 Å². The van der Waals surface area contributed by atoms with Gasteiger partial charge in [0.15, 0.2) is 5.78 Å². The number of hydrogen-bond donors (Lipinski definition) is 1. The van der Waals surface area contributed by atoms with Gasteiger partial charge in [0, 0.05) is 37.4 Å². The predicted octanol–water partition coefficient (Wildman–Crippen LogP) is 3.95. The van der Waals surface area contributed by atoms with Gasteiger partial charge < -0.3 is 5.11 Å². The van der Waals surface area contributed by atoms with Crippen LogP contribution in [-0.2, 0) is 24.3 Å². The van der Waals surface area contributed by atoms with Crippen LogP contribution in [0.25, 0.3) is 0 Å². The fourth-order valence-electron chi connectivity index (χ4n) is 0.436. The van der Waals surface area contributed by atoms with Gasteiger partial charge in [0.2, 0.25) is 0 Å².